The number of hydrogen-bond donors (Lipinski definition) is 2. The molecular weight excluding hydrogens is 158 g/mol. The molecule has 0 aliphatic carbocycles. The molecule has 12 heavy (non-hydrogen) atoms. The molecule has 4 nitrogen and oxygen atoms in total. The van der Waals surface area contributed by atoms with Gasteiger partial charge in [0.25, 0.3) is 0 Å². The second-order valence-electron chi connectivity index (χ2n) is 2.69. The van der Waals surface area contributed by atoms with Crippen molar-refractivity contribution in [1.82, 2.24) is 5.32 Å². The van der Waals surface area contributed by atoms with Crippen LogP contribution in [-0.4, -0.2) is 23.5 Å². The first-order chi connectivity index (χ1) is 5.70. The van der Waals surface area contributed by atoms with Crippen molar-refractivity contribution in [2.24, 2.45) is 0 Å². The van der Waals surface area contributed by atoms with Gasteiger partial charge in [0.05, 0.1) is 0 Å². The van der Waals surface area contributed by atoms with Crippen LogP contribution in [0, 0.1) is 0 Å². The second-order valence-corrected chi connectivity index (χ2v) is 2.69. The van der Waals surface area contributed by atoms with Crippen molar-refractivity contribution in [3.8, 4) is 0 Å². The van der Waals surface area contributed by atoms with Crippen LogP contribution in [0.3, 0.4) is 0 Å². The number of hydrogen-bond acceptors (Lipinski definition) is 2. The van der Waals surface area contributed by atoms with Gasteiger partial charge < -0.3 is 10.4 Å². The predicted molar refractivity (Wildman–Crippen MR) is 42.6 cm³/mol. The SMILES string of the molecule is O=C(O)CCCC1=CCNC1=O. The summed E-state index contributed by atoms with van der Waals surface area (Å²) >= 11 is 0. The molecule has 0 bridgehead atoms. The number of carbonyl (C=O) groups excluding carboxylic acids is 1. The molecule has 0 saturated carbocycles. The lowest BCUT2D eigenvalue weighted by atomic mass is 10.1. The lowest BCUT2D eigenvalue weighted by Gasteiger charge is -1.97. The van der Waals surface area contributed by atoms with Gasteiger partial charge in [-0.25, -0.2) is 0 Å². The molecule has 2 N–H and O–H groups in total. The van der Waals surface area contributed by atoms with E-state index >= 15 is 0 Å². The lowest BCUT2D eigenvalue weighted by Crippen LogP contribution is -2.17. The van der Waals surface area contributed by atoms with E-state index in [2.05, 4.69) is 5.32 Å². The Morgan fingerprint density at radius 1 is 1.67 bits per heavy atom. The molecule has 0 aromatic heterocycles. The van der Waals surface area contributed by atoms with Gasteiger partial charge in [-0.15, -0.1) is 0 Å². The third-order valence-electron chi connectivity index (χ3n) is 1.74. The quantitative estimate of drug-likeness (QED) is 0.636. The minimum Gasteiger partial charge on any atom is -0.481 e. The number of nitrogens with one attached hydrogen (secondary N) is 1. The largest absolute Gasteiger partial charge is 0.481 e. The van der Waals surface area contributed by atoms with E-state index in [0.29, 0.717) is 19.4 Å². The van der Waals surface area contributed by atoms with Gasteiger partial charge >= 0.3 is 5.97 Å². The summed E-state index contributed by atoms with van der Waals surface area (Å²) in [4.78, 5) is 21.1. The molecule has 0 spiro atoms. The molecule has 0 saturated heterocycles. The van der Waals surface area contributed by atoms with Crippen LogP contribution in [0.25, 0.3) is 0 Å². The summed E-state index contributed by atoms with van der Waals surface area (Å²) in [6, 6.07) is 0. The fraction of sp³-hybridized carbons (Fsp3) is 0.500. The number of amides is 1. The highest BCUT2D eigenvalue weighted by Gasteiger charge is 2.13. The second kappa shape index (κ2) is 3.90. The van der Waals surface area contributed by atoms with Crippen molar-refractivity contribution in [2.45, 2.75) is 19.3 Å². The molecule has 1 amide bonds. The lowest BCUT2D eigenvalue weighted by molar-refractivity contribution is -0.137. The fourth-order valence-corrected chi connectivity index (χ4v) is 1.12. The zero-order chi connectivity index (χ0) is 8.97. The third-order valence-corrected chi connectivity index (χ3v) is 1.74. The van der Waals surface area contributed by atoms with Crippen molar-refractivity contribution < 1.29 is 14.7 Å². The maximum Gasteiger partial charge on any atom is 0.303 e. The van der Waals surface area contributed by atoms with E-state index in [0.717, 1.165) is 5.57 Å². The zero-order valence-corrected chi connectivity index (χ0v) is 6.67. The van der Waals surface area contributed by atoms with Gasteiger partial charge in [-0.1, -0.05) is 6.08 Å². The van der Waals surface area contributed by atoms with Crippen LogP contribution < -0.4 is 5.32 Å². The molecule has 66 valence electrons. The Hall–Kier alpha value is -1.32. The highest BCUT2D eigenvalue weighted by atomic mass is 16.4. The van der Waals surface area contributed by atoms with Crippen molar-refractivity contribution in [2.75, 3.05) is 6.54 Å². The van der Waals surface area contributed by atoms with Crippen LogP contribution in [0.5, 0.6) is 0 Å². The first-order valence-corrected chi connectivity index (χ1v) is 3.89. The smallest absolute Gasteiger partial charge is 0.303 e. The molecule has 4 heteroatoms. The molecule has 1 aliphatic heterocycles. The highest BCUT2D eigenvalue weighted by molar-refractivity contribution is 5.95. The summed E-state index contributed by atoms with van der Waals surface area (Å²) in [7, 11) is 0. The van der Waals surface area contributed by atoms with Crippen molar-refractivity contribution in [3.63, 3.8) is 0 Å². The van der Waals surface area contributed by atoms with Gasteiger partial charge in [0.15, 0.2) is 0 Å². The fourth-order valence-electron chi connectivity index (χ4n) is 1.12. The summed E-state index contributed by atoms with van der Waals surface area (Å²) in [5.41, 5.74) is 0.719. The van der Waals surface area contributed by atoms with Crippen molar-refractivity contribution in [1.29, 1.82) is 0 Å². The van der Waals surface area contributed by atoms with Gasteiger partial charge in [0.2, 0.25) is 5.91 Å². The zero-order valence-electron chi connectivity index (χ0n) is 6.67. The first-order valence-electron chi connectivity index (χ1n) is 3.89. The normalized spacial score (nSPS) is 15.7. The topological polar surface area (TPSA) is 66.4 Å². The number of carboxylic acid groups (broad SMARTS) is 1. The number of rotatable bonds is 4. The Labute approximate surface area is 70.3 Å². The van der Waals surface area contributed by atoms with Crippen molar-refractivity contribution >= 4 is 11.9 Å². The van der Waals surface area contributed by atoms with E-state index in [1.54, 1.807) is 0 Å². The molecule has 0 aromatic rings. The molecule has 1 aliphatic rings. The summed E-state index contributed by atoms with van der Waals surface area (Å²) in [5.74, 6) is -0.866. The molecule has 0 unspecified atom stereocenters. The Kier molecular flexibility index (Phi) is 2.85. The summed E-state index contributed by atoms with van der Waals surface area (Å²) in [5, 5.41) is 11.0. The Bertz CT molecular complexity index is 232. The Balaban J connectivity index is 2.23. The standard InChI is InChI=1S/C8H11NO3/c10-7(11)3-1-2-6-4-5-9-8(6)12/h4H,1-3,5H2,(H,9,12)(H,10,11). The van der Waals surface area contributed by atoms with Crippen LogP contribution in [0.15, 0.2) is 11.6 Å². The summed E-state index contributed by atoms with van der Waals surface area (Å²) < 4.78 is 0. The van der Waals surface area contributed by atoms with Crippen LogP contribution in [-0.2, 0) is 9.59 Å². The number of carbonyl (C=O) groups is 2. The number of carboxylic acids is 1. The molecule has 1 rings (SSSR count). The van der Waals surface area contributed by atoms with Crippen LogP contribution in [0.4, 0.5) is 0 Å². The summed E-state index contributed by atoms with van der Waals surface area (Å²) in [6.45, 7) is 0.585. The van der Waals surface area contributed by atoms with Gasteiger partial charge in [0, 0.05) is 18.5 Å². The van der Waals surface area contributed by atoms with E-state index in [9.17, 15) is 9.59 Å². The minimum atomic E-state index is -0.811. The molecular formula is C8H11NO3. The summed E-state index contributed by atoms with van der Waals surface area (Å²) in [6.07, 6.45) is 3.04. The Morgan fingerprint density at radius 2 is 2.42 bits per heavy atom. The van der Waals surface area contributed by atoms with Crippen LogP contribution in [0.1, 0.15) is 19.3 Å². The third kappa shape index (κ3) is 2.38. The van der Waals surface area contributed by atoms with Gasteiger partial charge in [-0.05, 0) is 12.8 Å². The van der Waals surface area contributed by atoms with Crippen LogP contribution in [0.2, 0.25) is 0 Å². The predicted octanol–water partition coefficient (Wildman–Crippen LogP) is 0.298. The average Bonchev–Trinajstić information content (AvgIpc) is 2.36. The van der Waals surface area contributed by atoms with Crippen LogP contribution >= 0.6 is 0 Å². The first kappa shape index (κ1) is 8.77. The number of aliphatic carboxylic acids is 1. The maximum absolute atomic E-state index is 10.9. The molecule has 0 atom stereocenters. The van der Waals surface area contributed by atoms with Crippen molar-refractivity contribution in [3.05, 3.63) is 11.6 Å². The van der Waals surface area contributed by atoms with E-state index in [-0.39, 0.29) is 12.3 Å². The van der Waals surface area contributed by atoms with E-state index in [1.807, 2.05) is 6.08 Å². The minimum absolute atomic E-state index is 0.0552. The molecule has 1 heterocycles. The van der Waals surface area contributed by atoms with E-state index in [1.165, 1.54) is 0 Å². The van der Waals surface area contributed by atoms with Gasteiger partial charge in [-0.2, -0.15) is 0 Å². The van der Waals surface area contributed by atoms with E-state index < -0.39 is 5.97 Å². The molecule has 0 fully saturated rings. The van der Waals surface area contributed by atoms with Gasteiger partial charge in [0.1, 0.15) is 0 Å². The van der Waals surface area contributed by atoms with Gasteiger partial charge in [-0.3, -0.25) is 9.59 Å². The highest BCUT2D eigenvalue weighted by Crippen LogP contribution is 2.10. The average molecular weight is 169 g/mol. The van der Waals surface area contributed by atoms with E-state index in [4.69, 9.17) is 5.11 Å². The Morgan fingerprint density at radius 3 is 2.92 bits per heavy atom. The molecule has 0 aromatic carbocycles. The molecule has 0 radical (unpaired) electrons. The maximum atomic E-state index is 10.9. The monoisotopic (exact) mass is 169 g/mol.